The second-order valence-corrected chi connectivity index (χ2v) is 7.26. The molecule has 0 aliphatic rings. The van der Waals surface area contributed by atoms with E-state index < -0.39 is 10.0 Å². The highest BCUT2D eigenvalue weighted by molar-refractivity contribution is 7.89. The summed E-state index contributed by atoms with van der Waals surface area (Å²) in [6, 6.07) is 25.6. The molecule has 25 heavy (non-hydrogen) atoms. The summed E-state index contributed by atoms with van der Waals surface area (Å²) in [6.07, 6.45) is 0. The average Bonchev–Trinajstić information content (AvgIpc) is 2.64. The summed E-state index contributed by atoms with van der Waals surface area (Å²) >= 11 is 0. The van der Waals surface area contributed by atoms with Crippen LogP contribution in [0.3, 0.4) is 0 Å². The van der Waals surface area contributed by atoms with E-state index in [1.165, 1.54) is 0 Å². The fourth-order valence-electron chi connectivity index (χ4n) is 2.36. The van der Waals surface area contributed by atoms with Crippen LogP contribution in [0.4, 0.5) is 0 Å². The van der Waals surface area contributed by atoms with Crippen LogP contribution in [0.1, 0.15) is 16.7 Å². The van der Waals surface area contributed by atoms with Gasteiger partial charge in [0.15, 0.2) is 0 Å². The minimum absolute atomic E-state index is 0.183. The van der Waals surface area contributed by atoms with Crippen LogP contribution < -0.4 is 4.83 Å². The van der Waals surface area contributed by atoms with E-state index in [9.17, 15) is 8.42 Å². The summed E-state index contributed by atoms with van der Waals surface area (Å²) in [5.41, 5.74) is 3.23. The maximum absolute atomic E-state index is 12.5. The van der Waals surface area contributed by atoms with Gasteiger partial charge < -0.3 is 0 Å². The molecule has 0 unspecified atom stereocenters. The van der Waals surface area contributed by atoms with Crippen molar-refractivity contribution in [1.29, 1.82) is 0 Å². The Labute approximate surface area is 147 Å². The van der Waals surface area contributed by atoms with Gasteiger partial charge in [-0.2, -0.15) is 18.4 Å². The predicted octanol–water partition coefficient (Wildman–Crippen LogP) is 3.73. The topological polar surface area (TPSA) is 58.5 Å². The van der Waals surface area contributed by atoms with Crippen LogP contribution in [-0.2, 0) is 10.0 Å². The molecular weight excluding hydrogens is 332 g/mol. The van der Waals surface area contributed by atoms with Crippen molar-refractivity contribution < 1.29 is 8.42 Å². The Balaban J connectivity index is 1.98. The number of aryl methyl sites for hydroxylation is 1. The fraction of sp³-hybridized carbons (Fsp3) is 0.0500. The molecule has 0 heterocycles. The Morgan fingerprint density at radius 1 is 0.760 bits per heavy atom. The van der Waals surface area contributed by atoms with Crippen molar-refractivity contribution in [2.45, 2.75) is 11.8 Å². The number of nitrogens with zero attached hydrogens (tertiary/aromatic N) is 1. The van der Waals surface area contributed by atoms with Crippen molar-refractivity contribution >= 4 is 15.7 Å². The van der Waals surface area contributed by atoms with E-state index in [-0.39, 0.29) is 4.90 Å². The van der Waals surface area contributed by atoms with E-state index in [0.717, 1.165) is 16.7 Å². The molecule has 0 saturated heterocycles. The lowest BCUT2D eigenvalue weighted by atomic mass is 10.0. The molecule has 0 fully saturated rings. The summed E-state index contributed by atoms with van der Waals surface area (Å²) < 4.78 is 25.0. The lowest BCUT2D eigenvalue weighted by molar-refractivity contribution is 0.584. The normalized spacial score (nSPS) is 10.9. The Morgan fingerprint density at radius 2 is 1.24 bits per heavy atom. The van der Waals surface area contributed by atoms with Crippen LogP contribution in [0.5, 0.6) is 0 Å². The third-order valence-electron chi connectivity index (χ3n) is 3.70. The molecular formula is C20H18N2O2S. The zero-order valence-corrected chi connectivity index (χ0v) is 14.6. The number of nitrogens with one attached hydrogen (secondary N) is 1. The summed E-state index contributed by atoms with van der Waals surface area (Å²) in [6.45, 7) is 1.91. The molecule has 3 aromatic carbocycles. The van der Waals surface area contributed by atoms with Gasteiger partial charge in [0.2, 0.25) is 0 Å². The van der Waals surface area contributed by atoms with E-state index in [2.05, 4.69) is 9.93 Å². The third-order valence-corrected chi connectivity index (χ3v) is 4.93. The minimum atomic E-state index is -3.73. The molecule has 0 spiro atoms. The van der Waals surface area contributed by atoms with E-state index in [0.29, 0.717) is 5.71 Å². The van der Waals surface area contributed by atoms with Gasteiger partial charge in [0.05, 0.1) is 10.6 Å². The van der Waals surface area contributed by atoms with Gasteiger partial charge in [-0.3, -0.25) is 0 Å². The third kappa shape index (κ3) is 4.14. The number of benzene rings is 3. The van der Waals surface area contributed by atoms with E-state index in [4.69, 9.17) is 0 Å². The summed E-state index contributed by atoms with van der Waals surface area (Å²) in [4.78, 5) is 2.53. The number of hydrogen-bond donors (Lipinski definition) is 1. The lowest BCUT2D eigenvalue weighted by Crippen LogP contribution is -2.21. The molecule has 0 aromatic heterocycles. The van der Waals surface area contributed by atoms with Crippen LogP contribution in [-0.4, -0.2) is 14.1 Å². The van der Waals surface area contributed by atoms with Crippen LogP contribution >= 0.6 is 0 Å². The van der Waals surface area contributed by atoms with Gasteiger partial charge in [0, 0.05) is 11.1 Å². The molecule has 0 aliphatic heterocycles. The van der Waals surface area contributed by atoms with Gasteiger partial charge in [-0.1, -0.05) is 78.4 Å². The van der Waals surface area contributed by atoms with E-state index in [1.807, 2.05) is 67.6 Å². The number of sulfonamides is 1. The highest BCUT2D eigenvalue weighted by Crippen LogP contribution is 2.13. The summed E-state index contributed by atoms with van der Waals surface area (Å²) in [7, 11) is -3.73. The number of hydrogen-bond acceptors (Lipinski definition) is 3. The van der Waals surface area contributed by atoms with Crippen LogP contribution in [0.25, 0.3) is 0 Å². The van der Waals surface area contributed by atoms with Gasteiger partial charge in [0.1, 0.15) is 0 Å². The van der Waals surface area contributed by atoms with Crippen molar-refractivity contribution in [3.63, 3.8) is 0 Å². The first-order valence-corrected chi connectivity index (χ1v) is 9.31. The van der Waals surface area contributed by atoms with Gasteiger partial charge >= 0.3 is 0 Å². The average molecular weight is 350 g/mol. The Hall–Kier alpha value is -2.92. The molecule has 5 heteroatoms. The first-order chi connectivity index (χ1) is 12.1. The van der Waals surface area contributed by atoms with Crippen LogP contribution in [0.2, 0.25) is 0 Å². The number of rotatable bonds is 5. The van der Waals surface area contributed by atoms with Gasteiger partial charge in [0.25, 0.3) is 10.0 Å². The molecule has 3 rings (SSSR count). The SMILES string of the molecule is Cc1ccc(S(=O)(=O)NN=C(c2ccccc2)c2ccccc2)cc1. The van der Waals surface area contributed by atoms with Crippen molar-refractivity contribution in [3.8, 4) is 0 Å². The standard InChI is InChI=1S/C20H18N2O2S/c1-16-12-14-19(15-13-16)25(23,24)22-21-20(17-8-4-2-5-9-17)18-10-6-3-7-11-18/h2-15,22H,1H3. The molecule has 3 aromatic rings. The maximum atomic E-state index is 12.5. The van der Waals surface area contributed by atoms with Crippen LogP contribution in [0.15, 0.2) is 94.9 Å². The number of hydrazone groups is 1. The molecule has 4 nitrogen and oxygen atoms in total. The Kier molecular flexibility index (Phi) is 4.95. The van der Waals surface area contributed by atoms with E-state index >= 15 is 0 Å². The lowest BCUT2D eigenvalue weighted by Gasteiger charge is -2.09. The summed E-state index contributed by atoms with van der Waals surface area (Å²) in [5, 5.41) is 4.21. The Morgan fingerprint density at radius 3 is 1.72 bits per heavy atom. The van der Waals surface area contributed by atoms with Crippen molar-refractivity contribution in [2.24, 2.45) is 5.10 Å². The molecule has 0 saturated carbocycles. The molecule has 1 N–H and O–H groups in total. The van der Waals surface area contributed by atoms with Crippen molar-refractivity contribution in [3.05, 3.63) is 102 Å². The first-order valence-electron chi connectivity index (χ1n) is 7.83. The first kappa shape index (κ1) is 16.9. The zero-order valence-electron chi connectivity index (χ0n) is 13.8. The molecule has 0 atom stereocenters. The zero-order chi connectivity index (χ0) is 17.7. The van der Waals surface area contributed by atoms with Gasteiger partial charge in [-0.25, -0.2) is 0 Å². The smallest absolute Gasteiger partial charge is 0.200 e. The van der Waals surface area contributed by atoms with Crippen molar-refractivity contribution in [1.82, 2.24) is 4.83 Å². The van der Waals surface area contributed by atoms with Crippen molar-refractivity contribution in [2.75, 3.05) is 0 Å². The van der Waals surface area contributed by atoms with Gasteiger partial charge in [-0.05, 0) is 19.1 Å². The predicted molar refractivity (Wildman–Crippen MR) is 100 cm³/mol. The molecule has 0 amide bonds. The van der Waals surface area contributed by atoms with Gasteiger partial charge in [-0.15, -0.1) is 0 Å². The minimum Gasteiger partial charge on any atom is -0.200 e. The van der Waals surface area contributed by atoms with Crippen LogP contribution in [0, 0.1) is 6.92 Å². The second kappa shape index (κ2) is 7.32. The maximum Gasteiger partial charge on any atom is 0.276 e. The monoisotopic (exact) mass is 350 g/mol. The Bertz CT molecular complexity index is 924. The molecule has 0 aliphatic carbocycles. The molecule has 126 valence electrons. The second-order valence-electron chi connectivity index (χ2n) is 5.60. The highest BCUT2D eigenvalue weighted by atomic mass is 32.2. The quantitative estimate of drug-likeness (QED) is 0.563. The molecule has 0 bridgehead atoms. The molecule has 0 radical (unpaired) electrons. The fourth-order valence-corrected chi connectivity index (χ4v) is 3.17. The summed E-state index contributed by atoms with van der Waals surface area (Å²) in [5.74, 6) is 0. The highest BCUT2D eigenvalue weighted by Gasteiger charge is 2.14. The largest absolute Gasteiger partial charge is 0.276 e. The van der Waals surface area contributed by atoms with E-state index in [1.54, 1.807) is 24.3 Å².